The predicted octanol–water partition coefficient (Wildman–Crippen LogP) is 2.11. The summed E-state index contributed by atoms with van der Waals surface area (Å²) < 4.78 is 2.40. The highest BCUT2D eigenvalue weighted by molar-refractivity contribution is 7.19. The SMILES string of the molecule is CC(=O)N1CCN(C(=O)c2cc(-c3ccc(Cl)s3)n(C)n2)CC1. The van der Waals surface area contributed by atoms with E-state index in [1.54, 1.807) is 27.5 Å². The van der Waals surface area contributed by atoms with Gasteiger partial charge in [0.25, 0.3) is 5.91 Å². The molecule has 122 valence electrons. The summed E-state index contributed by atoms with van der Waals surface area (Å²) in [5.74, 6) is -0.0514. The van der Waals surface area contributed by atoms with Crippen LogP contribution in [-0.2, 0) is 11.8 Å². The molecule has 2 aromatic heterocycles. The molecule has 0 radical (unpaired) electrons. The van der Waals surface area contributed by atoms with E-state index in [2.05, 4.69) is 5.10 Å². The number of aryl methyl sites for hydroxylation is 1. The molecular weight excluding hydrogens is 336 g/mol. The maximum absolute atomic E-state index is 12.6. The molecule has 0 aliphatic carbocycles. The smallest absolute Gasteiger partial charge is 0.274 e. The Balaban J connectivity index is 1.75. The number of aromatic nitrogens is 2. The van der Waals surface area contributed by atoms with Gasteiger partial charge in [0, 0.05) is 40.2 Å². The monoisotopic (exact) mass is 352 g/mol. The summed E-state index contributed by atoms with van der Waals surface area (Å²) in [6.45, 7) is 3.77. The van der Waals surface area contributed by atoms with E-state index in [1.807, 2.05) is 19.2 Å². The minimum Gasteiger partial charge on any atom is -0.339 e. The van der Waals surface area contributed by atoms with Gasteiger partial charge in [0.2, 0.25) is 5.91 Å². The Morgan fingerprint density at radius 3 is 2.39 bits per heavy atom. The van der Waals surface area contributed by atoms with Gasteiger partial charge in [-0.2, -0.15) is 5.10 Å². The second-order valence-corrected chi connectivity index (χ2v) is 7.16. The Kier molecular flexibility index (Phi) is 4.41. The van der Waals surface area contributed by atoms with Gasteiger partial charge in [0.05, 0.1) is 14.9 Å². The van der Waals surface area contributed by atoms with Gasteiger partial charge in [-0.1, -0.05) is 11.6 Å². The van der Waals surface area contributed by atoms with Gasteiger partial charge in [-0.15, -0.1) is 11.3 Å². The second kappa shape index (κ2) is 6.33. The first kappa shape index (κ1) is 16.0. The molecule has 6 nitrogen and oxygen atoms in total. The molecule has 0 unspecified atom stereocenters. The Labute approximate surface area is 143 Å². The van der Waals surface area contributed by atoms with Crippen molar-refractivity contribution in [1.82, 2.24) is 19.6 Å². The van der Waals surface area contributed by atoms with E-state index >= 15 is 0 Å². The van der Waals surface area contributed by atoms with Gasteiger partial charge in [-0.3, -0.25) is 14.3 Å². The van der Waals surface area contributed by atoms with Crippen molar-refractivity contribution in [3.8, 4) is 10.6 Å². The van der Waals surface area contributed by atoms with E-state index in [1.165, 1.54) is 11.3 Å². The molecule has 2 amide bonds. The van der Waals surface area contributed by atoms with E-state index in [0.29, 0.717) is 36.2 Å². The number of carbonyl (C=O) groups excluding carboxylic acids is 2. The molecule has 1 aliphatic heterocycles. The zero-order chi connectivity index (χ0) is 16.6. The maximum Gasteiger partial charge on any atom is 0.274 e. The van der Waals surface area contributed by atoms with Gasteiger partial charge >= 0.3 is 0 Å². The molecule has 1 aliphatic rings. The van der Waals surface area contributed by atoms with E-state index in [-0.39, 0.29) is 11.8 Å². The first-order valence-corrected chi connectivity index (χ1v) is 8.49. The fourth-order valence-corrected chi connectivity index (χ4v) is 3.73. The van der Waals surface area contributed by atoms with Crippen molar-refractivity contribution in [3.63, 3.8) is 0 Å². The molecule has 2 aromatic rings. The standard InChI is InChI=1S/C15H17ClN4O2S/c1-10(21)19-5-7-20(8-6-19)15(22)11-9-12(18(2)17-11)13-3-4-14(16)23-13/h3-4,9H,5-8H2,1-2H3. The number of nitrogens with zero attached hydrogens (tertiary/aromatic N) is 4. The van der Waals surface area contributed by atoms with Crippen LogP contribution in [-0.4, -0.2) is 57.6 Å². The van der Waals surface area contributed by atoms with Crippen molar-refractivity contribution >= 4 is 34.8 Å². The van der Waals surface area contributed by atoms with Gasteiger partial charge < -0.3 is 9.80 Å². The summed E-state index contributed by atoms with van der Waals surface area (Å²) in [4.78, 5) is 28.4. The highest BCUT2D eigenvalue weighted by Crippen LogP contribution is 2.31. The topological polar surface area (TPSA) is 58.4 Å². The lowest BCUT2D eigenvalue weighted by Crippen LogP contribution is -2.50. The van der Waals surface area contributed by atoms with E-state index in [4.69, 9.17) is 11.6 Å². The van der Waals surface area contributed by atoms with Gasteiger partial charge in [0.1, 0.15) is 0 Å². The third kappa shape index (κ3) is 3.25. The van der Waals surface area contributed by atoms with Crippen LogP contribution in [0.3, 0.4) is 0 Å². The zero-order valence-corrected chi connectivity index (χ0v) is 14.5. The fourth-order valence-electron chi connectivity index (χ4n) is 2.64. The average molecular weight is 353 g/mol. The normalized spacial score (nSPS) is 15.1. The molecule has 1 saturated heterocycles. The van der Waals surface area contributed by atoms with Crippen molar-refractivity contribution in [2.45, 2.75) is 6.92 Å². The number of halogens is 1. The van der Waals surface area contributed by atoms with Crippen LogP contribution in [0, 0.1) is 0 Å². The fraction of sp³-hybridized carbons (Fsp3) is 0.400. The number of hydrogen-bond donors (Lipinski definition) is 0. The lowest BCUT2D eigenvalue weighted by atomic mass is 10.2. The molecule has 0 atom stereocenters. The number of thiophene rings is 1. The van der Waals surface area contributed by atoms with Crippen molar-refractivity contribution < 1.29 is 9.59 Å². The minimum atomic E-state index is -0.0993. The molecular formula is C15H17ClN4O2S. The van der Waals surface area contributed by atoms with E-state index in [0.717, 1.165) is 10.6 Å². The Morgan fingerprint density at radius 2 is 1.83 bits per heavy atom. The third-order valence-electron chi connectivity index (χ3n) is 3.94. The first-order valence-electron chi connectivity index (χ1n) is 7.30. The molecule has 0 saturated carbocycles. The maximum atomic E-state index is 12.6. The summed E-state index contributed by atoms with van der Waals surface area (Å²) in [7, 11) is 1.81. The van der Waals surface area contributed by atoms with Crippen LogP contribution >= 0.6 is 22.9 Å². The quantitative estimate of drug-likeness (QED) is 0.831. The number of rotatable bonds is 2. The Bertz CT molecular complexity index is 746. The van der Waals surface area contributed by atoms with Crippen LogP contribution in [0.4, 0.5) is 0 Å². The zero-order valence-electron chi connectivity index (χ0n) is 13.0. The average Bonchev–Trinajstić information content (AvgIpc) is 3.12. The number of carbonyl (C=O) groups is 2. The van der Waals surface area contributed by atoms with Crippen molar-refractivity contribution in [3.05, 3.63) is 28.2 Å². The highest BCUT2D eigenvalue weighted by Gasteiger charge is 2.25. The molecule has 0 aromatic carbocycles. The highest BCUT2D eigenvalue weighted by atomic mass is 35.5. The summed E-state index contributed by atoms with van der Waals surface area (Å²) >= 11 is 7.43. The number of piperazine rings is 1. The minimum absolute atomic E-state index is 0.0480. The third-order valence-corrected chi connectivity index (χ3v) is 5.19. The predicted molar refractivity (Wildman–Crippen MR) is 89.7 cm³/mol. The molecule has 0 spiro atoms. The summed E-state index contributed by atoms with van der Waals surface area (Å²) in [6.07, 6.45) is 0. The van der Waals surface area contributed by atoms with Crippen LogP contribution < -0.4 is 0 Å². The van der Waals surface area contributed by atoms with Crippen LogP contribution in [0.25, 0.3) is 10.6 Å². The molecule has 1 fully saturated rings. The van der Waals surface area contributed by atoms with E-state index in [9.17, 15) is 9.59 Å². The van der Waals surface area contributed by atoms with Gasteiger partial charge in [-0.25, -0.2) is 0 Å². The van der Waals surface area contributed by atoms with Crippen molar-refractivity contribution in [1.29, 1.82) is 0 Å². The van der Waals surface area contributed by atoms with E-state index < -0.39 is 0 Å². The number of amides is 2. The van der Waals surface area contributed by atoms with Crippen molar-refractivity contribution in [2.24, 2.45) is 7.05 Å². The van der Waals surface area contributed by atoms with Crippen LogP contribution in [0.5, 0.6) is 0 Å². The molecule has 8 heteroatoms. The molecule has 23 heavy (non-hydrogen) atoms. The Hall–Kier alpha value is -1.86. The number of hydrogen-bond acceptors (Lipinski definition) is 4. The van der Waals surface area contributed by atoms with Gasteiger partial charge in [0.15, 0.2) is 5.69 Å². The van der Waals surface area contributed by atoms with Gasteiger partial charge in [-0.05, 0) is 18.2 Å². The molecule has 0 bridgehead atoms. The molecule has 0 N–H and O–H groups in total. The van der Waals surface area contributed by atoms with Crippen LogP contribution in [0.2, 0.25) is 4.34 Å². The lowest BCUT2D eigenvalue weighted by molar-refractivity contribution is -0.130. The molecule has 3 rings (SSSR count). The molecule has 3 heterocycles. The van der Waals surface area contributed by atoms with Crippen LogP contribution in [0.1, 0.15) is 17.4 Å². The Morgan fingerprint density at radius 1 is 1.17 bits per heavy atom. The first-order chi connectivity index (χ1) is 11.0. The van der Waals surface area contributed by atoms with Crippen LogP contribution in [0.15, 0.2) is 18.2 Å². The second-order valence-electron chi connectivity index (χ2n) is 5.44. The van der Waals surface area contributed by atoms with Crippen molar-refractivity contribution in [2.75, 3.05) is 26.2 Å². The summed E-state index contributed by atoms with van der Waals surface area (Å²) in [6, 6.07) is 5.54. The lowest BCUT2D eigenvalue weighted by Gasteiger charge is -2.33. The summed E-state index contributed by atoms with van der Waals surface area (Å²) in [5.41, 5.74) is 1.29. The summed E-state index contributed by atoms with van der Waals surface area (Å²) in [5, 5.41) is 4.33. The largest absolute Gasteiger partial charge is 0.339 e.